The van der Waals surface area contributed by atoms with Gasteiger partial charge in [-0.1, -0.05) is 12.1 Å². The molecule has 2 heterocycles. The molecule has 1 fully saturated rings. The van der Waals surface area contributed by atoms with Crippen molar-refractivity contribution in [1.29, 1.82) is 0 Å². The Morgan fingerprint density at radius 3 is 2.59 bits per heavy atom. The van der Waals surface area contributed by atoms with Crippen LogP contribution in [0.4, 0.5) is 0 Å². The van der Waals surface area contributed by atoms with Crippen LogP contribution in [0.3, 0.4) is 0 Å². The number of rotatable bonds is 3. The summed E-state index contributed by atoms with van der Waals surface area (Å²) < 4.78 is 11.7. The molecule has 1 aromatic rings. The Balaban J connectivity index is 0.00000176. The molecule has 0 saturated carbocycles. The predicted molar refractivity (Wildman–Crippen MR) is 90.9 cm³/mol. The molecule has 122 valence electrons. The molecule has 2 atom stereocenters. The standard InChI is InChI=1S/C17H24N2O2.ClH/c1-11(2)21-13-7-5-12(6-8-13)16-14-10-20-17(3,4)9-15(14)18-19-16;/h5-8,11,14,16,19H,9-10H2,1-4H3;1H. The van der Waals surface area contributed by atoms with Crippen molar-refractivity contribution in [2.24, 2.45) is 11.0 Å². The Kier molecular flexibility index (Phi) is 5.03. The van der Waals surface area contributed by atoms with Crippen molar-refractivity contribution in [1.82, 2.24) is 5.43 Å². The molecular weight excluding hydrogens is 300 g/mol. The second-order valence-electron chi connectivity index (χ2n) is 6.80. The second-order valence-corrected chi connectivity index (χ2v) is 6.80. The van der Waals surface area contributed by atoms with E-state index in [1.165, 1.54) is 11.3 Å². The first-order valence-electron chi connectivity index (χ1n) is 7.67. The fourth-order valence-corrected chi connectivity index (χ4v) is 3.02. The summed E-state index contributed by atoms with van der Waals surface area (Å²) in [5.74, 6) is 1.25. The van der Waals surface area contributed by atoms with Crippen molar-refractivity contribution in [3.63, 3.8) is 0 Å². The van der Waals surface area contributed by atoms with Gasteiger partial charge in [0.2, 0.25) is 0 Å². The van der Waals surface area contributed by atoms with Gasteiger partial charge in [0.1, 0.15) is 5.75 Å². The third kappa shape index (κ3) is 3.55. The number of hydrogen-bond acceptors (Lipinski definition) is 4. The van der Waals surface area contributed by atoms with Crippen LogP contribution < -0.4 is 10.2 Å². The highest BCUT2D eigenvalue weighted by molar-refractivity contribution is 5.90. The minimum atomic E-state index is -0.0964. The van der Waals surface area contributed by atoms with Gasteiger partial charge in [-0.15, -0.1) is 12.4 Å². The maximum absolute atomic E-state index is 5.96. The van der Waals surface area contributed by atoms with Crippen molar-refractivity contribution >= 4 is 18.1 Å². The summed E-state index contributed by atoms with van der Waals surface area (Å²) in [5.41, 5.74) is 5.65. The minimum Gasteiger partial charge on any atom is -0.491 e. The molecule has 2 unspecified atom stereocenters. The predicted octanol–water partition coefficient (Wildman–Crippen LogP) is 3.71. The monoisotopic (exact) mass is 324 g/mol. The lowest BCUT2D eigenvalue weighted by atomic mass is 9.84. The van der Waals surface area contributed by atoms with Crippen LogP contribution >= 0.6 is 12.4 Å². The van der Waals surface area contributed by atoms with E-state index in [1.54, 1.807) is 0 Å². The van der Waals surface area contributed by atoms with E-state index in [-0.39, 0.29) is 30.2 Å². The van der Waals surface area contributed by atoms with Gasteiger partial charge in [0.25, 0.3) is 0 Å². The molecule has 0 bridgehead atoms. The molecule has 0 spiro atoms. The molecule has 1 saturated heterocycles. The zero-order valence-electron chi connectivity index (χ0n) is 13.6. The van der Waals surface area contributed by atoms with Crippen LogP contribution in [0.15, 0.2) is 29.4 Å². The summed E-state index contributed by atoms with van der Waals surface area (Å²) in [6, 6.07) is 8.51. The average molecular weight is 325 g/mol. The molecule has 0 aliphatic carbocycles. The van der Waals surface area contributed by atoms with Crippen LogP contribution in [0, 0.1) is 5.92 Å². The SMILES string of the molecule is CC(C)Oc1ccc(C2NN=C3CC(C)(C)OCC32)cc1.Cl. The fourth-order valence-electron chi connectivity index (χ4n) is 3.02. The zero-order valence-corrected chi connectivity index (χ0v) is 14.4. The van der Waals surface area contributed by atoms with E-state index in [4.69, 9.17) is 9.47 Å². The van der Waals surface area contributed by atoms with Gasteiger partial charge in [-0.2, -0.15) is 5.10 Å². The Bertz CT molecular complexity index is 540. The topological polar surface area (TPSA) is 42.8 Å². The van der Waals surface area contributed by atoms with E-state index in [1.807, 2.05) is 26.0 Å². The number of benzene rings is 1. The molecule has 2 aliphatic rings. The van der Waals surface area contributed by atoms with E-state index >= 15 is 0 Å². The summed E-state index contributed by atoms with van der Waals surface area (Å²) >= 11 is 0. The molecular formula is C17H25ClN2O2. The molecule has 5 heteroatoms. The van der Waals surface area contributed by atoms with Crippen molar-refractivity contribution in [2.75, 3.05) is 6.61 Å². The Morgan fingerprint density at radius 1 is 1.27 bits per heavy atom. The maximum Gasteiger partial charge on any atom is 0.119 e. The van der Waals surface area contributed by atoms with Gasteiger partial charge in [-0.3, -0.25) is 0 Å². The van der Waals surface area contributed by atoms with E-state index in [9.17, 15) is 0 Å². The van der Waals surface area contributed by atoms with Crippen molar-refractivity contribution in [3.05, 3.63) is 29.8 Å². The quantitative estimate of drug-likeness (QED) is 0.921. The number of fused-ring (bicyclic) bond motifs is 1. The van der Waals surface area contributed by atoms with E-state index < -0.39 is 0 Å². The highest BCUT2D eigenvalue weighted by Crippen LogP contribution is 2.36. The van der Waals surface area contributed by atoms with E-state index in [0.717, 1.165) is 18.8 Å². The summed E-state index contributed by atoms with van der Waals surface area (Å²) in [6.07, 6.45) is 1.10. The van der Waals surface area contributed by atoms with Gasteiger partial charge >= 0.3 is 0 Å². The molecule has 4 nitrogen and oxygen atoms in total. The number of hydrazone groups is 1. The Morgan fingerprint density at radius 2 is 1.95 bits per heavy atom. The third-order valence-electron chi connectivity index (χ3n) is 4.05. The molecule has 1 aromatic carbocycles. The highest BCUT2D eigenvalue weighted by atomic mass is 35.5. The van der Waals surface area contributed by atoms with Crippen LogP contribution in [0.25, 0.3) is 0 Å². The van der Waals surface area contributed by atoms with E-state index in [0.29, 0.717) is 5.92 Å². The zero-order chi connectivity index (χ0) is 15.0. The number of nitrogens with one attached hydrogen (secondary N) is 1. The summed E-state index contributed by atoms with van der Waals surface area (Å²) in [5, 5.41) is 4.54. The van der Waals surface area contributed by atoms with Crippen LogP contribution in [-0.2, 0) is 4.74 Å². The first-order chi connectivity index (χ1) is 9.94. The van der Waals surface area contributed by atoms with Crippen LogP contribution in [0.1, 0.15) is 45.7 Å². The number of ether oxygens (including phenoxy) is 2. The van der Waals surface area contributed by atoms with Crippen LogP contribution in [0.2, 0.25) is 0 Å². The lowest BCUT2D eigenvalue weighted by Crippen LogP contribution is -2.40. The summed E-state index contributed by atoms with van der Waals surface area (Å²) in [7, 11) is 0. The maximum atomic E-state index is 5.96. The van der Waals surface area contributed by atoms with Crippen LogP contribution in [-0.4, -0.2) is 24.0 Å². The minimum absolute atomic E-state index is 0. The van der Waals surface area contributed by atoms with Gasteiger partial charge in [0.15, 0.2) is 0 Å². The summed E-state index contributed by atoms with van der Waals surface area (Å²) in [6.45, 7) is 9.04. The molecule has 22 heavy (non-hydrogen) atoms. The van der Waals surface area contributed by atoms with Gasteiger partial charge < -0.3 is 14.9 Å². The number of nitrogens with zero attached hydrogens (tertiary/aromatic N) is 1. The van der Waals surface area contributed by atoms with Gasteiger partial charge in [0, 0.05) is 18.1 Å². The van der Waals surface area contributed by atoms with Gasteiger partial charge in [-0.25, -0.2) is 0 Å². The fraction of sp³-hybridized carbons (Fsp3) is 0.588. The Labute approximate surface area is 138 Å². The molecule has 3 rings (SSSR count). The summed E-state index contributed by atoms with van der Waals surface area (Å²) in [4.78, 5) is 0. The molecule has 0 amide bonds. The molecule has 0 radical (unpaired) electrons. The number of hydrogen-bond donors (Lipinski definition) is 1. The third-order valence-corrected chi connectivity index (χ3v) is 4.05. The number of halogens is 1. The smallest absolute Gasteiger partial charge is 0.119 e. The van der Waals surface area contributed by atoms with Gasteiger partial charge in [-0.05, 0) is 45.4 Å². The van der Waals surface area contributed by atoms with Crippen molar-refractivity contribution in [2.45, 2.75) is 51.9 Å². The van der Waals surface area contributed by atoms with Crippen LogP contribution in [0.5, 0.6) is 5.75 Å². The first-order valence-corrected chi connectivity index (χ1v) is 7.67. The average Bonchev–Trinajstić information content (AvgIpc) is 2.80. The highest BCUT2D eigenvalue weighted by Gasteiger charge is 2.40. The van der Waals surface area contributed by atoms with Crippen molar-refractivity contribution < 1.29 is 9.47 Å². The van der Waals surface area contributed by atoms with E-state index in [2.05, 4.69) is 36.5 Å². The lowest BCUT2D eigenvalue weighted by Gasteiger charge is -2.35. The largest absolute Gasteiger partial charge is 0.491 e. The molecule has 1 N–H and O–H groups in total. The first kappa shape index (κ1) is 17.1. The Hall–Kier alpha value is -1.26. The lowest BCUT2D eigenvalue weighted by molar-refractivity contribution is -0.0389. The van der Waals surface area contributed by atoms with Crippen molar-refractivity contribution in [3.8, 4) is 5.75 Å². The molecule has 2 aliphatic heterocycles. The second kappa shape index (κ2) is 6.47. The van der Waals surface area contributed by atoms with Gasteiger partial charge in [0.05, 0.1) is 24.4 Å². The molecule has 0 aromatic heterocycles. The normalized spacial score (nSPS) is 25.8.